The predicted molar refractivity (Wildman–Crippen MR) is 171 cm³/mol. The van der Waals surface area contributed by atoms with E-state index in [4.69, 9.17) is 19.8 Å². The van der Waals surface area contributed by atoms with Gasteiger partial charge in [0.2, 0.25) is 5.91 Å². The van der Waals surface area contributed by atoms with Crippen LogP contribution in [-0.4, -0.2) is 88.2 Å². The molecular weight excluding hydrogens is 558 g/mol. The number of likely N-dealkylation sites (N-methyl/N-ethyl adjacent to an activating group) is 1. The maximum atomic E-state index is 11.7. The van der Waals surface area contributed by atoms with Crippen molar-refractivity contribution in [1.82, 2.24) is 30.2 Å². The number of hydrogen-bond acceptors (Lipinski definition) is 7. The van der Waals surface area contributed by atoms with Crippen molar-refractivity contribution in [1.29, 1.82) is 0 Å². The van der Waals surface area contributed by atoms with E-state index in [0.717, 1.165) is 83.2 Å². The fourth-order valence-corrected chi connectivity index (χ4v) is 5.37. The van der Waals surface area contributed by atoms with Crippen molar-refractivity contribution in [3.63, 3.8) is 0 Å². The highest BCUT2D eigenvalue weighted by atomic mass is 16.5. The third-order valence-corrected chi connectivity index (χ3v) is 7.94. The summed E-state index contributed by atoms with van der Waals surface area (Å²) in [4.78, 5) is 43.6. The number of ether oxygens (including phenoxy) is 1. The van der Waals surface area contributed by atoms with Crippen LogP contribution in [0.5, 0.6) is 5.75 Å². The first kappa shape index (κ1) is 29.2. The molecule has 1 aliphatic heterocycles. The molecule has 4 N–H and O–H groups in total. The third-order valence-electron chi connectivity index (χ3n) is 7.94. The van der Waals surface area contributed by atoms with Crippen LogP contribution in [0, 0.1) is 0 Å². The molecule has 228 valence electrons. The monoisotopic (exact) mass is 595 g/mol. The molecule has 6 rings (SSSR count). The Morgan fingerprint density at radius 2 is 1.50 bits per heavy atom. The number of aromatic amines is 2. The van der Waals surface area contributed by atoms with Gasteiger partial charge in [-0.25, -0.2) is 9.97 Å². The second-order valence-corrected chi connectivity index (χ2v) is 11.2. The number of hydrogen-bond donors (Lipinski definition) is 4. The number of amides is 1. The van der Waals surface area contributed by atoms with Crippen LogP contribution in [0.1, 0.15) is 25.7 Å². The molecule has 3 heterocycles. The molecule has 0 bridgehead atoms. The highest BCUT2D eigenvalue weighted by Gasteiger charge is 2.16. The van der Waals surface area contributed by atoms with Crippen LogP contribution >= 0.6 is 0 Å². The smallest absolute Gasteiger partial charge is 0.305 e. The van der Waals surface area contributed by atoms with Gasteiger partial charge in [-0.3, -0.25) is 9.59 Å². The lowest BCUT2D eigenvalue weighted by Gasteiger charge is -2.34. The summed E-state index contributed by atoms with van der Waals surface area (Å²) in [5.41, 5.74) is 6.96. The van der Waals surface area contributed by atoms with Crippen molar-refractivity contribution in [3.05, 3.63) is 60.7 Å². The number of nitrogens with zero attached hydrogens (tertiary/aromatic N) is 4. The number of anilines is 1. The van der Waals surface area contributed by atoms with Gasteiger partial charge < -0.3 is 34.9 Å². The molecule has 2 aromatic heterocycles. The van der Waals surface area contributed by atoms with Crippen molar-refractivity contribution in [2.45, 2.75) is 25.7 Å². The molecule has 1 amide bonds. The topological polar surface area (TPSA) is 139 Å². The second kappa shape index (κ2) is 13.2. The molecule has 11 heteroatoms. The van der Waals surface area contributed by atoms with Gasteiger partial charge in [-0.05, 0) is 80.6 Å². The number of carbonyl (C=O) groups is 2. The molecule has 0 unspecified atom stereocenters. The number of rotatable bonds is 12. The first-order valence-corrected chi connectivity index (χ1v) is 15.1. The average molecular weight is 596 g/mol. The van der Waals surface area contributed by atoms with Gasteiger partial charge in [-0.1, -0.05) is 0 Å². The van der Waals surface area contributed by atoms with Gasteiger partial charge in [-0.15, -0.1) is 0 Å². The molecule has 0 saturated carbocycles. The van der Waals surface area contributed by atoms with Crippen LogP contribution in [0.15, 0.2) is 60.7 Å². The Labute approximate surface area is 255 Å². The molecule has 0 radical (unpaired) electrons. The van der Waals surface area contributed by atoms with E-state index in [9.17, 15) is 9.59 Å². The first-order chi connectivity index (χ1) is 21.4. The summed E-state index contributed by atoms with van der Waals surface area (Å²) >= 11 is 0. The average Bonchev–Trinajstić information content (AvgIpc) is 3.65. The van der Waals surface area contributed by atoms with E-state index >= 15 is 0 Å². The molecule has 0 atom stereocenters. The van der Waals surface area contributed by atoms with Crippen LogP contribution in [0.2, 0.25) is 0 Å². The quantitative estimate of drug-likeness (QED) is 0.153. The van der Waals surface area contributed by atoms with Crippen molar-refractivity contribution in [2.75, 3.05) is 51.3 Å². The maximum Gasteiger partial charge on any atom is 0.305 e. The highest BCUT2D eigenvalue weighted by Crippen LogP contribution is 2.29. The number of benzene rings is 3. The minimum absolute atomic E-state index is 0.0686. The summed E-state index contributed by atoms with van der Waals surface area (Å²) in [5, 5.41) is 11.2. The minimum atomic E-state index is -0.923. The summed E-state index contributed by atoms with van der Waals surface area (Å²) in [6.45, 7) is 4.84. The Morgan fingerprint density at radius 1 is 0.841 bits per heavy atom. The zero-order chi connectivity index (χ0) is 30.5. The maximum absolute atomic E-state index is 11.7. The molecule has 1 fully saturated rings. The third kappa shape index (κ3) is 7.00. The fourth-order valence-electron chi connectivity index (χ4n) is 5.37. The van der Waals surface area contributed by atoms with E-state index in [0.29, 0.717) is 19.4 Å². The Kier molecular flexibility index (Phi) is 8.74. The SMILES string of the molecule is CN1CCN(c2ccc3nc(-c4ccc5nc(-c6ccc(OCCCCC(=O)NCCC(=O)O)cc6)[nH]c5c4)[nH]c3c2)CC1. The second-order valence-electron chi connectivity index (χ2n) is 11.2. The standard InChI is InChI=1S/C33H37N7O4/c1-39-15-17-40(18-16-39)24-8-12-27-29(21-24)38-33(36-27)23-7-11-26-28(20-23)37-32(35-26)22-5-9-25(10-6-22)44-19-3-2-4-30(41)34-14-13-31(42)43/h5-12,20-21H,2-4,13-19H2,1H3,(H,34,41)(H,35,37)(H,36,38)(H,42,43). The van der Waals surface area contributed by atoms with E-state index in [-0.39, 0.29) is 18.9 Å². The lowest BCUT2D eigenvalue weighted by Crippen LogP contribution is -2.44. The van der Waals surface area contributed by atoms with Gasteiger partial charge in [0.1, 0.15) is 17.4 Å². The zero-order valence-corrected chi connectivity index (χ0v) is 24.8. The number of carbonyl (C=O) groups excluding carboxylic acids is 1. The van der Waals surface area contributed by atoms with Crippen molar-refractivity contribution in [2.24, 2.45) is 0 Å². The Balaban J connectivity index is 1.05. The number of carboxylic acid groups (broad SMARTS) is 1. The molecular formula is C33H37N7O4. The summed E-state index contributed by atoms with van der Waals surface area (Å²) in [6.07, 6.45) is 1.68. The largest absolute Gasteiger partial charge is 0.494 e. The normalized spacial score (nSPS) is 13.9. The van der Waals surface area contributed by atoms with Crippen molar-refractivity contribution >= 4 is 39.6 Å². The molecule has 1 saturated heterocycles. The molecule has 11 nitrogen and oxygen atoms in total. The molecule has 44 heavy (non-hydrogen) atoms. The molecule has 0 spiro atoms. The number of fused-ring (bicyclic) bond motifs is 2. The molecule has 1 aliphatic rings. The molecule has 0 aliphatic carbocycles. The van der Waals surface area contributed by atoms with Crippen LogP contribution < -0.4 is 15.0 Å². The van der Waals surface area contributed by atoms with Crippen molar-refractivity contribution in [3.8, 4) is 28.5 Å². The number of aromatic nitrogens is 4. The zero-order valence-electron chi connectivity index (χ0n) is 24.8. The number of imidazole rings is 2. The lowest BCUT2D eigenvalue weighted by atomic mass is 10.2. The Bertz CT molecular complexity index is 1750. The minimum Gasteiger partial charge on any atom is -0.494 e. The summed E-state index contributed by atoms with van der Waals surface area (Å²) < 4.78 is 5.83. The van der Waals surface area contributed by atoms with E-state index in [1.807, 2.05) is 36.4 Å². The van der Waals surface area contributed by atoms with E-state index in [2.05, 4.69) is 56.4 Å². The van der Waals surface area contributed by atoms with Crippen molar-refractivity contribution < 1.29 is 19.4 Å². The van der Waals surface area contributed by atoms with E-state index in [1.54, 1.807) is 0 Å². The predicted octanol–water partition coefficient (Wildman–Crippen LogP) is 4.67. The number of nitrogens with one attached hydrogen (secondary N) is 3. The number of carboxylic acids is 1. The van der Waals surface area contributed by atoms with E-state index < -0.39 is 5.97 Å². The van der Waals surface area contributed by atoms with Gasteiger partial charge in [0.25, 0.3) is 0 Å². The van der Waals surface area contributed by atoms with Crippen LogP contribution in [0.25, 0.3) is 44.8 Å². The number of unbranched alkanes of at least 4 members (excludes halogenated alkanes) is 1. The van der Waals surface area contributed by atoms with E-state index in [1.165, 1.54) is 5.69 Å². The van der Waals surface area contributed by atoms with Crippen LogP contribution in [0.4, 0.5) is 5.69 Å². The van der Waals surface area contributed by atoms with Crippen LogP contribution in [0.3, 0.4) is 0 Å². The highest BCUT2D eigenvalue weighted by molar-refractivity contribution is 5.87. The van der Waals surface area contributed by atoms with Gasteiger partial charge in [-0.2, -0.15) is 0 Å². The fraction of sp³-hybridized carbons (Fsp3) is 0.333. The summed E-state index contributed by atoms with van der Waals surface area (Å²) in [6, 6.07) is 20.4. The molecule has 5 aromatic rings. The van der Waals surface area contributed by atoms with Gasteiger partial charge in [0.05, 0.1) is 35.1 Å². The lowest BCUT2D eigenvalue weighted by molar-refractivity contribution is -0.136. The number of piperazine rings is 1. The van der Waals surface area contributed by atoms with Gasteiger partial charge in [0, 0.05) is 56.0 Å². The number of H-pyrrole nitrogens is 2. The Hall–Kier alpha value is -4.90. The van der Waals surface area contributed by atoms with Gasteiger partial charge in [0.15, 0.2) is 0 Å². The summed E-state index contributed by atoms with van der Waals surface area (Å²) in [7, 11) is 2.17. The number of aliphatic carboxylic acids is 1. The van der Waals surface area contributed by atoms with Gasteiger partial charge >= 0.3 is 5.97 Å². The molecule has 3 aromatic carbocycles. The Morgan fingerprint density at radius 3 is 2.23 bits per heavy atom. The summed E-state index contributed by atoms with van der Waals surface area (Å²) in [5.74, 6) is 1.29. The first-order valence-electron chi connectivity index (χ1n) is 15.1. The van der Waals surface area contributed by atoms with Crippen LogP contribution in [-0.2, 0) is 9.59 Å².